The molecule has 0 amide bonds. The number of rotatable bonds is 2. The number of aromatic nitrogens is 1. The van der Waals surface area contributed by atoms with Gasteiger partial charge in [0.2, 0.25) is 12.2 Å². The molecule has 1 aromatic rings. The Labute approximate surface area is 96.0 Å². The number of halogens is 1. The number of aliphatic imine (C=N–C) groups is 1. The topological polar surface area (TPSA) is 64.3 Å². The monoisotopic (exact) mass is 241 g/mol. The van der Waals surface area contributed by atoms with Crippen LogP contribution in [-0.4, -0.2) is 28.9 Å². The van der Waals surface area contributed by atoms with Crippen LogP contribution in [-0.2, 0) is 6.54 Å². The number of nitriles is 1. The first-order chi connectivity index (χ1) is 7.29. The molecule has 78 valence electrons. The normalized spacial score (nSPS) is 17.9. The Hall–Kier alpha value is -1.32. The molecule has 0 spiro atoms. The van der Waals surface area contributed by atoms with Gasteiger partial charge in [-0.3, -0.25) is 0 Å². The van der Waals surface area contributed by atoms with Gasteiger partial charge in [0, 0.05) is 24.2 Å². The van der Waals surface area contributed by atoms with Crippen LogP contribution in [0.15, 0.2) is 11.2 Å². The fourth-order valence-electron chi connectivity index (χ4n) is 1.38. The van der Waals surface area contributed by atoms with E-state index in [0.29, 0.717) is 17.0 Å². The lowest BCUT2D eigenvalue weighted by Gasteiger charge is -2.14. The maximum Gasteiger partial charge on any atom is 0.210 e. The van der Waals surface area contributed by atoms with E-state index in [-0.39, 0.29) is 0 Å². The summed E-state index contributed by atoms with van der Waals surface area (Å²) in [6.45, 7) is 2.35. The first-order valence-electron chi connectivity index (χ1n) is 4.35. The zero-order valence-corrected chi connectivity index (χ0v) is 9.35. The van der Waals surface area contributed by atoms with Crippen molar-refractivity contribution in [2.45, 2.75) is 6.54 Å². The standard InChI is InChI=1S/C8H8ClN5S/c9-7-12-3-6(15-7)4-14-2-1-11-8(14)13-5-10/h3H,1-2,4H2,(H,11,13). The highest BCUT2D eigenvalue weighted by Gasteiger charge is 2.18. The van der Waals surface area contributed by atoms with Crippen molar-refractivity contribution in [3.8, 4) is 6.19 Å². The molecule has 1 aliphatic heterocycles. The quantitative estimate of drug-likeness (QED) is 0.786. The van der Waals surface area contributed by atoms with Gasteiger partial charge in [-0.1, -0.05) is 11.6 Å². The largest absolute Gasteiger partial charge is 0.354 e. The fraction of sp³-hybridized carbons (Fsp3) is 0.375. The third-order valence-corrected chi connectivity index (χ3v) is 3.09. The molecule has 0 aliphatic carbocycles. The van der Waals surface area contributed by atoms with Gasteiger partial charge < -0.3 is 10.2 Å². The van der Waals surface area contributed by atoms with Crippen LogP contribution in [0.4, 0.5) is 0 Å². The van der Waals surface area contributed by atoms with Crippen LogP contribution in [0.2, 0.25) is 4.47 Å². The minimum absolute atomic E-state index is 0.538. The van der Waals surface area contributed by atoms with Gasteiger partial charge in [0.05, 0.1) is 6.54 Å². The second-order valence-corrected chi connectivity index (χ2v) is 4.66. The summed E-state index contributed by atoms with van der Waals surface area (Å²) in [5.74, 6) is 0.627. The molecule has 15 heavy (non-hydrogen) atoms. The summed E-state index contributed by atoms with van der Waals surface area (Å²) in [6.07, 6.45) is 3.52. The van der Waals surface area contributed by atoms with Gasteiger partial charge in [-0.15, -0.1) is 16.3 Å². The van der Waals surface area contributed by atoms with Crippen LogP contribution in [0.3, 0.4) is 0 Å². The van der Waals surface area contributed by atoms with Crippen molar-refractivity contribution in [1.82, 2.24) is 15.2 Å². The van der Waals surface area contributed by atoms with E-state index >= 15 is 0 Å². The van der Waals surface area contributed by atoms with E-state index in [4.69, 9.17) is 16.9 Å². The van der Waals surface area contributed by atoms with Crippen LogP contribution in [0, 0.1) is 11.5 Å². The summed E-state index contributed by atoms with van der Waals surface area (Å²) in [5, 5.41) is 11.5. The van der Waals surface area contributed by atoms with E-state index in [9.17, 15) is 0 Å². The van der Waals surface area contributed by atoms with E-state index in [1.165, 1.54) is 11.3 Å². The highest BCUT2D eigenvalue weighted by molar-refractivity contribution is 7.15. The molecule has 7 heteroatoms. The maximum absolute atomic E-state index is 8.48. The summed E-state index contributed by atoms with van der Waals surface area (Å²) < 4.78 is 0.538. The Kier molecular flexibility index (Phi) is 3.04. The maximum atomic E-state index is 8.48. The minimum Gasteiger partial charge on any atom is -0.354 e. The second-order valence-electron chi connectivity index (χ2n) is 2.96. The van der Waals surface area contributed by atoms with Crippen molar-refractivity contribution >= 4 is 28.9 Å². The average molecular weight is 242 g/mol. The first-order valence-corrected chi connectivity index (χ1v) is 5.55. The van der Waals surface area contributed by atoms with Crippen LogP contribution in [0.1, 0.15) is 4.88 Å². The predicted octanol–water partition coefficient (Wildman–Crippen LogP) is 1.04. The van der Waals surface area contributed by atoms with E-state index < -0.39 is 0 Å². The predicted molar refractivity (Wildman–Crippen MR) is 58.6 cm³/mol. The molecule has 0 aromatic carbocycles. The number of thiazole rings is 1. The molecule has 1 aromatic heterocycles. The molecule has 0 atom stereocenters. The van der Waals surface area contributed by atoms with E-state index in [2.05, 4.69) is 15.3 Å². The Morgan fingerprint density at radius 3 is 3.33 bits per heavy atom. The molecule has 0 unspecified atom stereocenters. The Morgan fingerprint density at radius 2 is 2.67 bits per heavy atom. The lowest BCUT2D eigenvalue weighted by Crippen LogP contribution is -2.29. The SMILES string of the molecule is N#C/N=C1\NCCN1Cc1cnc(Cl)s1. The van der Waals surface area contributed by atoms with Gasteiger partial charge in [-0.05, 0) is 0 Å². The van der Waals surface area contributed by atoms with E-state index in [1.807, 2.05) is 4.90 Å². The third-order valence-electron chi connectivity index (χ3n) is 1.99. The Balaban J connectivity index is 2.06. The lowest BCUT2D eigenvalue weighted by molar-refractivity contribution is 0.461. The smallest absolute Gasteiger partial charge is 0.210 e. The van der Waals surface area contributed by atoms with E-state index in [0.717, 1.165) is 18.0 Å². The van der Waals surface area contributed by atoms with Crippen molar-refractivity contribution in [3.05, 3.63) is 15.5 Å². The zero-order chi connectivity index (χ0) is 10.7. The molecule has 0 radical (unpaired) electrons. The molecule has 1 N–H and O–H groups in total. The van der Waals surface area contributed by atoms with Gasteiger partial charge in [0.15, 0.2) is 4.47 Å². The minimum atomic E-state index is 0.538. The van der Waals surface area contributed by atoms with Gasteiger partial charge >= 0.3 is 0 Å². The molecule has 2 heterocycles. The summed E-state index contributed by atoms with van der Waals surface area (Å²) >= 11 is 7.18. The van der Waals surface area contributed by atoms with Crippen LogP contribution >= 0.6 is 22.9 Å². The molecule has 0 bridgehead atoms. The first kappa shape index (κ1) is 10.2. The molecule has 1 saturated heterocycles. The molecule has 1 aliphatic rings. The highest BCUT2D eigenvalue weighted by atomic mass is 35.5. The molecule has 0 saturated carbocycles. The molecule has 5 nitrogen and oxygen atoms in total. The molecule has 1 fully saturated rings. The van der Waals surface area contributed by atoms with Crippen LogP contribution in [0.25, 0.3) is 0 Å². The van der Waals surface area contributed by atoms with Crippen LogP contribution in [0.5, 0.6) is 0 Å². The third kappa shape index (κ3) is 2.37. The highest BCUT2D eigenvalue weighted by Crippen LogP contribution is 2.19. The van der Waals surface area contributed by atoms with Crippen molar-refractivity contribution < 1.29 is 0 Å². The van der Waals surface area contributed by atoms with Crippen molar-refractivity contribution in [2.24, 2.45) is 4.99 Å². The Bertz CT molecular complexity index is 421. The fourth-order valence-corrected chi connectivity index (χ4v) is 2.37. The van der Waals surface area contributed by atoms with Crippen molar-refractivity contribution in [3.63, 3.8) is 0 Å². The van der Waals surface area contributed by atoms with Gasteiger partial charge in [0.1, 0.15) is 0 Å². The van der Waals surface area contributed by atoms with Crippen molar-refractivity contribution in [2.75, 3.05) is 13.1 Å². The zero-order valence-electron chi connectivity index (χ0n) is 7.77. The van der Waals surface area contributed by atoms with Crippen LogP contribution < -0.4 is 5.32 Å². The van der Waals surface area contributed by atoms with Crippen molar-refractivity contribution in [1.29, 1.82) is 5.26 Å². The molecular formula is C8H8ClN5S. The Morgan fingerprint density at radius 1 is 1.80 bits per heavy atom. The second kappa shape index (κ2) is 4.47. The molecular weight excluding hydrogens is 234 g/mol. The van der Waals surface area contributed by atoms with E-state index in [1.54, 1.807) is 12.4 Å². The summed E-state index contributed by atoms with van der Waals surface area (Å²) in [4.78, 5) is 10.7. The number of hydrogen-bond acceptors (Lipinski definition) is 4. The summed E-state index contributed by atoms with van der Waals surface area (Å²) in [7, 11) is 0. The summed E-state index contributed by atoms with van der Waals surface area (Å²) in [5.41, 5.74) is 0. The van der Waals surface area contributed by atoms with Gasteiger partial charge in [-0.2, -0.15) is 5.26 Å². The average Bonchev–Trinajstić information content (AvgIpc) is 2.78. The number of nitrogens with zero attached hydrogens (tertiary/aromatic N) is 4. The summed E-state index contributed by atoms with van der Waals surface area (Å²) in [6, 6.07) is 0. The van der Waals surface area contributed by atoms with Gasteiger partial charge in [-0.25, -0.2) is 4.98 Å². The number of nitrogens with one attached hydrogen (secondary N) is 1. The lowest BCUT2D eigenvalue weighted by atomic mass is 10.5. The molecule has 2 rings (SSSR count). The number of guanidine groups is 1. The van der Waals surface area contributed by atoms with Gasteiger partial charge in [0.25, 0.3) is 0 Å². The number of hydrogen-bond donors (Lipinski definition) is 1.